The van der Waals surface area contributed by atoms with Gasteiger partial charge < -0.3 is 14.4 Å². The van der Waals surface area contributed by atoms with Gasteiger partial charge >= 0.3 is 0 Å². The lowest BCUT2D eigenvalue weighted by atomic mass is 10.2. The normalized spacial score (nSPS) is 15.1. The summed E-state index contributed by atoms with van der Waals surface area (Å²) >= 11 is 0. The number of anilines is 1. The van der Waals surface area contributed by atoms with Gasteiger partial charge in [-0.1, -0.05) is 12.1 Å². The minimum Gasteiger partial charge on any atom is -0.368 e. The SMILES string of the molecule is Cc1cccc(N2CCN(C(=O)Cn3c(C)ccc3C)CC2)c1. The molecule has 0 radical (unpaired) electrons. The molecule has 3 rings (SSSR count). The van der Waals surface area contributed by atoms with Gasteiger partial charge in [0.2, 0.25) is 5.91 Å². The van der Waals surface area contributed by atoms with Gasteiger partial charge in [0.15, 0.2) is 0 Å². The molecule has 0 spiro atoms. The van der Waals surface area contributed by atoms with Gasteiger partial charge in [-0.3, -0.25) is 4.79 Å². The molecule has 122 valence electrons. The Morgan fingerprint density at radius 2 is 1.61 bits per heavy atom. The van der Waals surface area contributed by atoms with Crippen LogP contribution in [-0.4, -0.2) is 41.6 Å². The fourth-order valence-corrected chi connectivity index (χ4v) is 3.22. The average Bonchev–Trinajstić information content (AvgIpc) is 2.87. The smallest absolute Gasteiger partial charge is 0.242 e. The molecule has 0 N–H and O–H groups in total. The first-order chi connectivity index (χ1) is 11.0. The molecule has 1 aliphatic heterocycles. The van der Waals surface area contributed by atoms with Crippen LogP contribution in [0.4, 0.5) is 5.69 Å². The number of carbonyl (C=O) groups excluding carboxylic acids is 1. The first-order valence-corrected chi connectivity index (χ1v) is 8.27. The van der Waals surface area contributed by atoms with Crippen molar-refractivity contribution in [2.45, 2.75) is 27.3 Å². The maximum Gasteiger partial charge on any atom is 0.242 e. The highest BCUT2D eigenvalue weighted by atomic mass is 16.2. The quantitative estimate of drug-likeness (QED) is 0.872. The van der Waals surface area contributed by atoms with Crippen LogP contribution in [0, 0.1) is 20.8 Å². The molecule has 23 heavy (non-hydrogen) atoms. The van der Waals surface area contributed by atoms with Crippen LogP contribution in [0.1, 0.15) is 17.0 Å². The third-order valence-electron chi connectivity index (χ3n) is 4.71. The summed E-state index contributed by atoms with van der Waals surface area (Å²) in [5, 5.41) is 0. The van der Waals surface area contributed by atoms with E-state index in [4.69, 9.17) is 0 Å². The van der Waals surface area contributed by atoms with Crippen LogP contribution in [0.2, 0.25) is 0 Å². The van der Waals surface area contributed by atoms with Crippen LogP contribution in [0.3, 0.4) is 0 Å². The zero-order valence-corrected chi connectivity index (χ0v) is 14.2. The molecule has 4 heteroatoms. The molecule has 1 amide bonds. The predicted molar refractivity (Wildman–Crippen MR) is 93.9 cm³/mol. The number of hydrogen-bond donors (Lipinski definition) is 0. The Morgan fingerprint density at radius 3 is 2.22 bits per heavy atom. The first-order valence-electron chi connectivity index (χ1n) is 8.27. The zero-order chi connectivity index (χ0) is 16.4. The maximum atomic E-state index is 12.6. The van der Waals surface area contributed by atoms with Crippen molar-refractivity contribution in [1.29, 1.82) is 0 Å². The van der Waals surface area contributed by atoms with Crippen LogP contribution in [0.15, 0.2) is 36.4 Å². The van der Waals surface area contributed by atoms with Gasteiger partial charge in [-0.05, 0) is 50.6 Å². The van der Waals surface area contributed by atoms with Crippen molar-refractivity contribution in [2.24, 2.45) is 0 Å². The number of rotatable bonds is 3. The van der Waals surface area contributed by atoms with E-state index in [0.717, 1.165) is 37.6 Å². The number of nitrogens with zero attached hydrogens (tertiary/aromatic N) is 3. The molecule has 1 aromatic carbocycles. The third kappa shape index (κ3) is 3.41. The fourth-order valence-electron chi connectivity index (χ4n) is 3.22. The minimum atomic E-state index is 0.219. The zero-order valence-electron chi connectivity index (χ0n) is 14.2. The monoisotopic (exact) mass is 311 g/mol. The second-order valence-corrected chi connectivity index (χ2v) is 6.41. The molecule has 0 unspecified atom stereocenters. The number of amides is 1. The van der Waals surface area contributed by atoms with Crippen molar-refractivity contribution in [3.8, 4) is 0 Å². The Labute approximate surface area is 138 Å². The summed E-state index contributed by atoms with van der Waals surface area (Å²) in [6.45, 7) is 10.1. The fraction of sp³-hybridized carbons (Fsp3) is 0.421. The van der Waals surface area contributed by atoms with Crippen molar-refractivity contribution in [3.05, 3.63) is 53.3 Å². The second-order valence-electron chi connectivity index (χ2n) is 6.41. The lowest BCUT2D eigenvalue weighted by Crippen LogP contribution is -2.49. The van der Waals surface area contributed by atoms with Crippen LogP contribution in [0.5, 0.6) is 0 Å². The summed E-state index contributed by atoms with van der Waals surface area (Å²) in [5.74, 6) is 0.219. The van der Waals surface area contributed by atoms with E-state index in [-0.39, 0.29) is 5.91 Å². The Bertz CT molecular complexity index is 677. The van der Waals surface area contributed by atoms with E-state index in [0.29, 0.717) is 6.54 Å². The lowest BCUT2D eigenvalue weighted by molar-refractivity contribution is -0.132. The number of benzene rings is 1. The summed E-state index contributed by atoms with van der Waals surface area (Å²) in [6.07, 6.45) is 0. The number of hydrogen-bond acceptors (Lipinski definition) is 2. The molecule has 2 heterocycles. The van der Waals surface area contributed by atoms with E-state index in [1.165, 1.54) is 11.3 Å². The molecule has 1 saturated heterocycles. The number of aryl methyl sites for hydroxylation is 3. The van der Waals surface area contributed by atoms with Crippen LogP contribution < -0.4 is 4.90 Å². The summed E-state index contributed by atoms with van der Waals surface area (Å²) in [6, 6.07) is 12.7. The summed E-state index contributed by atoms with van der Waals surface area (Å²) in [4.78, 5) is 16.9. The van der Waals surface area contributed by atoms with Crippen molar-refractivity contribution < 1.29 is 4.79 Å². The van der Waals surface area contributed by atoms with Gasteiger partial charge in [-0.25, -0.2) is 0 Å². The molecule has 0 atom stereocenters. The molecule has 1 aromatic heterocycles. The highest BCUT2D eigenvalue weighted by Gasteiger charge is 2.22. The van der Waals surface area contributed by atoms with E-state index < -0.39 is 0 Å². The van der Waals surface area contributed by atoms with E-state index in [9.17, 15) is 4.79 Å². The summed E-state index contributed by atoms with van der Waals surface area (Å²) in [7, 11) is 0. The average molecular weight is 311 g/mol. The Morgan fingerprint density at radius 1 is 0.957 bits per heavy atom. The molecular weight excluding hydrogens is 286 g/mol. The molecule has 2 aromatic rings. The Hall–Kier alpha value is -2.23. The van der Waals surface area contributed by atoms with E-state index in [1.807, 2.05) is 4.90 Å². The topological polar surface area (TPSA) is 28.5 Å². The largest absolute Gasteiger partial charge is 0.368 e. The number of aromatic nitrogens is 1. The van der Waals surface area contributed by atoms with Gasteiger partial charge in [0, 0.05) is 43.3 Å². The molecule has 0 aliphatic carbocycles. The molecule has 0 bridgehead atoms. The van der Waals surface area contributed by atoms with Gasteiger partial charge in [0.1, 0.15) is 6.54 Å². The number of piperazine rings is 1. The van der Waals surface area contributed by atoms with Gasteiger partial charge in [-0.2, -0.15) is 0 Å². The van der Waals surface area contributed by atoms with Gasteiger partial charge in [0.05, 0.1) is 0 Å². The molecular formula is C19H25N3O. The summed E-state index contributed by atoms with van der Waals surface area (Å²) < 4.78 is 2.09. The lowest BCUT2D eigenvalue weighted by Gasteiger charge is -2.36. The van der Waals surface area contributed by atoms with Crippen LogP contribution in [-0.2, 0) is 11.3 Å². The second kappa shape index (κ2) is 6.49. The van der Waals surface area contributed by atoms with Crippen molar-refractivity contribution in [1.82, 2.24) is 9.47 Å². The standard InChI is InChI=1S/C19H25N3O/c1-15-5-4-6-18(13-15)20-9-11-21(12-10-20)19(23)14-22-16(2)7-8-17(22)3/h4-8,13H,9-12,14H2,1-3H3. The third-order valence-corrected chi connectivity index (χ3v) is 4.71. The first kappa shape index (κ1) is 15.7. The molecule has 4 nitrogen and oxygen atoms in total. The Balaban J connectivity index is 1.59. The van der Waals surface area contributed by atoms with E-state index in [1.54, 1.807) is 0 Å². The highest BCUT2D eigenvalue weighted by Crippen LogP contribution is 2.18. The van der Waals surface area contributed by atoms with Crippen molar-refractivity contribution >= 4 is 11.6 Å². The number of carbonyl (C=O) groups is 1. The molecule has 1 fully saturated rings. The van der Waals surface area contributed by atoms with Crippen LogP contribution in [0.25, 0.3) is 0 Å². The maximum absolute atomic E-state index is 12.6. The van der Waals surface area contributed by atoms with Crippen LogP contribution >= 0.6 is 0 Å². The van der Waals surface area contributed by atoms with Gasteiger partial charge in [0.25, 0.3) is 0 Å². The predicted octanol–water partition coefficient (Wildman–Crippen LogP) is 2.76. The van der Waals surface area contributed by atoms with Gasteiger partial charge in [-0.15, -0.1) is 0 Å². The summed E-state index contributed by atoms with van der Waals surface area (Å²) in [5.41, 5.74) is 4.83. The van der Waals surface area contributed by atoms with E-state index >= 15 is 0 Å². The van der Waals surface area contributed by atoms with Crippen molar-refractivity contribution in [3.63, 3.8) is 0 Å². The minimum absolute atomic E-state index is 0.219. The van der Waals surface area contributed by atoms with E-state index in [2.05, 4.69) is 66.6 Å². The molecule has 1 aliphatic rings. The molecule has 0 saturated carbocycles. The highest BCUT2D eigenvalue weighted by molar-refractivity contribution is 5.76. The van der Waals surface area contributed by atoms with Crippen molar-refractivity contribution in [2.75, 3.05) is 31.1 Å². The Kier molecular flexibility index (Phi) is 4.42.